The zero-order valence-corrected chi connectivity index (χ0v) is 10.3. The van der Waals surface area contributed by atoms with Crippen LogP contribution in [0.25, 0.3) is 0 Å². The Morgan fingerprint density at radius 3 is 2.33 bits per heavy atom. The Balaban J connectivity index is 3.58. The van der Waals surface area contributed by atoms with Gasteiger partial charge in [-0.2, -0.15) is 0 Å². The predicted octanol–water partition coefficient (Wildman–Crippen LogP) is 1.48. The van der Waals surface area contributed by atoms with Gasteiger partial charge in [-0.15, -0.1) is 11.8 Å². The van der Waals surface area contributed by atoms with E-state index >= 15 is 0 Å². The first-order valence-electron chi connectivity index (χ1n) is 5.01. The van der Waals surface area contributed by atoms with Crippen LogP contribution in [0.2, 0.25) is 0 Å². The maximum absolute atomic E-state index is 11.2. The summed E-state index contributed by atoms with van der Waals surface area (Å²) in [6, 6.07) is 0. The highest BCUT2D eigenvalue weighted by Crippen LogP contribution is 2.10. The van der Waals surface area contributed by atoms with Crippen molar-refractivity contribution in [2.24, 2.45) is 5.92 Å². The second kappa shape index (κ2) is 8.59. The number of rotatable bonds is 7. The highest BCUT2D eigenvalue weighted by Gasteiger charge is 2.14. The van der Waals surface area contributed by atoms with E-state index in [9.17, 15) is 9.59 Å². The number of ether oxygens (including phenoxy) is 2. The van der Waals surface area contributed by atoms with Gasteiger partial charge in [0, 0.05) is 5.75 Å². The van der Waals surface area contributed by atoms with E-state index in [0.29, 0.717) is 19.0 Å². The van der Waals surface area contributed by atoms with E-state index in [4.69, 9.17) is 9.47 Å². The summed E-state index contributed by atoms with van der Waals surface area (Å²) in [6.45, 7) is 6.12. The molecule has 0 heterocycles. The van der Waals surface area contributed by atoms with Crippen molar-refractivity contribution < 1.29 is 19.1 Å². The van der Waals surface area contributed by atoms with E-state index in [1.165, 1.54) is 11.8 Å². The van der Waals surface area contributed by atoms with E-state index in [1.807, 2.05) is 0 Å². The predicted molar refractivity (Wildman–Crippen MR) is 59.8 cm³/mol. The molecule has 0 saturated heterocycles. The minimum absolute atomic E-state index is 0.177. The van der Waals surface area contributed by atoms with Crippen molar-refractivity contribution in [3.8, 4) is 0 Å². The van der Waals surface area contributed by atoms with Gasteiger partial charge in [0.15, 0.2) is 0 Å². The first-order valence-corrected chi connectivity index (χ1v) is 6.17. The molecule has 0 aliphatic carbocycles. The lowest BCUT2D eigenvalue weighted by Gasteiger charge is -2.09. The van der Waals surface area contributed by atoms with Crippen LogP contribution in [0.5, 0.6) is 0 Å². The Labute approximate surface area is 94.7 Å². The van der Waals surface area contributed by atoms with Gasteiger partial charge in [0.25, 0.3) is 0 Å². The molecule has 0 aromatic carbocycles. The molecule has 5 heteroatoms. The summed E-state index contributed by atoms with van der Waals surface area (Å²) >= 11 is 1.39. The molecule has 0 radical (unpaired) electrons. The molecular weight excluding hydrogens is 216 g/mol. The molecule has 15 heavy (non-hydrogen) atoms. The summed E-state index contributed by atoms with van der Waals surface area (Å²) in [5, 5.41) is 0. The van der Waals surface area contributed by atoms with Crippen LogP contribution in [0.4, 0.5) is 0 Å². The van der Waals surface area contributed by atoms with Gasteiger partial charge >= 0.3 is 11.9 Å². The SMILES string of the molecule is CCOC(=O)CSCC(C)C(=O)OCC. The molecule has 0 aliphatic heterocycles. The molecule has 0 bridgehead atoms. The van der Waals surface area contributed by atoms with E-state index in [-0.39, 0.29) is 23.6 Å². The first kappa shape index (κ1) is 14.3. The molecule has 0 saturated carbocycles. The average Bonchev–Trinajstić information content (AvgIpc) is 2.18. The third kappa shape index (κ3) is 7.25. The smallest absolute Gasteiger partial charge is 0.315 e. The molecule has 1 unspecified atom stereocenters. The van der Waals surface area contributed by atoms with Crippen LogP contribution in [0.1, 0.15) is 20.8 Å². The molecule has 0 fully saturated rings. The molecule has 0 N–H and O–H groups in total. The number of carbonyl (C=O) groups is 2. The number of carbonyl (C=O) groups excluding carboxylic acids is 2. The van der Waals surface area contributed by atoms with Crippen molar-refractivity contribution in [3.05, 3.63) is 0 Å². The van der Waals surface area contributed by atoms with Crippen LogP contribution < -0.4 is 0 Å². The van der Waals surface area contributed by atoms with Crippen LogP contribution >= 0.6 is 11.8 Å². The molecular formula is C10H18O4S. The average molecular weight is 234 g/mol. The Hall–Kier alpha value is -0.710. The van der Waals surface area contributed by atoms with Crippen molar-refractivity contribution in [3.63, 3.8) is 0 Å². The van der Waals surface area contributed by atoms with E-state index < -0.39 is 0 Å². The lowest BCUT2D eigenvalue weighted by atomic mass is 10.2. The lowest BCUT2D eigenvalue weighted by molar-refractivity contribution is -0.146. The second-order valence-corrected chi connectivity index (χ2v) is 4.00. The normalized spacial score (nSPS) is 11.9. The monoisotopic (exact) mass is 234 g/mol. The molecule has 0 amide bonds. The van der Waals surface area contributed by atoms with E-state index in [1.54, 1.807) is 20.8 Å². The number of esters is 2. The second-order valence-electron chi connectivity index (χ2n) is 2.97. The van der Waals surface area contributed by atoms with Crippen LogP contribution in [0, 0.1) is 5.92 Å². The van der Waals surface area contributed by atoms with Crippen LogP contribution in [-0.2, 0) is 19.1 Å². The number of hydrogen-bond donors (Lipinski definition) is 0. The Morgan fingerprint density at radius 2 is 1.80 bits per heavy atom. The summed E-state index contributed by atoms with van der Waals surface area (Å²) in [5.41, 5.74) is 0. The van der Waals surface area contributed by atoms with Crippen LogP contribution in [-0.4, -0.2) is 36.7 Å². The van der Waals surface area contributed by atoms with Gasteiger partial charge in [0.1, 0.15) is 0 Å². The summed E-state index contributed by atoms with van der Waals surface area (Å²) < 4.78 is 9.60. The molecule has 0 aliphatic rings. The van der Waals surface area contributed by atoms with E-state index in [2.05, 4.69) is 0 Å². The number of hydrogen-bond acceptors (Lipinski definition) is 5. The van der Waals surface area contributed by atoms with Crippen molar-refractivity contribution >= 4 is 23.7 Å². The standard InChI is InChI=1S/C10H18O4S/c1-4-13-9(11)7-15-6-8(3)10(12)14-5-2/h8H,4-7H2,1-3H3. The fourth-order valence-corrected chi connectivity index (χ4v) is 1.73. The van der Waals surface area contributed by atoms with Gasteiger partial charge in [-0.3, -0.25) is 9.59 Å². The highest BCUT2D eigenvalue weighted by molar-refractivity contribution is 7.99. The van der Waals surface area contributed by atoms with Gasteiger partial charge in [0.05, 0.1) is 24.9 Å². The van der Waals surface area contributed by atoms with Gasteiger partial charge in [-0.25, -0.2) is 0 Å². The molecule has 0 rings (SSSR count). The van der Waals surface area contributed by atoms with Crippen molar-refractivity contribution in [1.82, 2.24) is 0 Å². The molecule has 0 aromatic rings. The minimum atomic E-state index is -0.237. The third-order valence-corrected chi connectivity index (χ3v) is 2.76. The van der Waals surface area contributed by atoms with Gasteiger partial charge in [-0.1, -0.05) is 6.92 Å². The lowest BCUT2D eigenvalue weighted by Crippen LogP contribution is -2.18. The van der Waals surface area contributed by atoms with Crippen molar-refractivity contribution in [2.45, 2.75) is 20.8 Å². The third-order valence-electron chi connectivity index (χ3n) is 1.58. The van der Waals surface area contributed by atoms with E-state index in [0.717, 1.165) is 0 Å². The molecule has 0 aromatic heterocycles. The van der Waals surface area contributed by atoms with Crippen molar-refractivity contribution in [2.75, 3.05) is 24.7 Å². The van der Waals surface area contributed by atoms with Gasteiger partial charge in [-0.05, 0) is 13.8 Å². The van der Waals surface area contributed by atoms with Gasteiger partial charge < -0.3 is 9.47 Å². The zero-order valence-electron chi connectivity index (χ0n) is 9.45. The minimum Gasteiger partial charge on any atom is -0.466 e. The van der Waals surface area contributed by atoms with Crippen LogP contribution in [0.15, 0.2) is 0 Å². The maximum atomic E-state index is 11.2. The Kier molecular flexibility index (Phi) is 8.18. The molecule has 4 nitrogen and oxygen atoms in total. The summed E-state index contributed by atoms with van der Waals surface area (Å²) in [5.74, 6) is 0.242. The fraction of sp³-hybridized carbons (Fsp3) is 0.800. The fourth-order valence-electron chi connectivity index (χ4n) is 0.874. The topological polar surface area (TPSA) is 52.6 Å². The molecule has 88 valence electrons. The van der Waals surface area contributed by atoms with Crippen LogP contribution in [0.3, 0.4) is 0 Å². The first-order chi connectivity index (χ1) is 7.11. The Bertz CT molecular complexity index is 206. The molecule has 0 spiro atoms. The quantitative estimate of drug-likeness (QED) is 0.624. The zero-order chi connectivity index (χ0) is 11.7. The molecule has 1 atom stereocenters. The maximum Gasteiger partial charge on any atom is 0.315 e. The van der Waals surface area contributed by atoms with Gasteiger partial charge in [0.2, 0.25) is 0 Å². The summed E-state index contributed by atoms with van der Waals surface area (Å²) in [4.78, 5) is 22.2. The Morgan fingerprint density at radius 1 is 1.20 bits per heavy atom. The number of thioether (sulfide) groups is 1. The highest BCUT2D eigenvalue weighted by atomic mass is 32.2. The largest absolute Gasteiger partial charge is 0.466 e. The summed E-state index contributed by atoms with van der Waals surface area (Å²) in [6.07, 6.45) is 0. The summed E-state index contributed by atoms with van der Waals surface area (Å²) in [7, 11) is 0. The van der Waals surface area contributed by atoms with Crippen molar-refractivity contribution in [1.29, 1.82) is 0 Å².